The van der Waals surface area contributed by atoms with Crippen molar-refractivity contribution in [3.05, 3.63) is 176 Å². The van der Waals surface area contributed by atoms with Crippen LogP contribution in [0.3, 0.4) is 0 Å². The lowest BCUT2D eigenvalue weighted by molar-refractivity contribution is 0.465. The van der Waals surface area contributed by atoms with E-state index < -0.39 is 8.07 Å². The van der Waals surface area contributed by atoms with Crippen LogP contribution in [0.1, 0.15) is 0 Å². The van der Waals surface area contributed by atoms with Gasteiger partial charge in [0.05, 0.1) is 0 Å². The summed E-state index contributed by atoms with van der Waals surface area (Å²) >= 11 is 0. The van der Waals surface area contributed by atoms with Crippen molar-refractivity contribution in [1.29, 1.82) is 0 Å². The summed E-state index contributed by atoms with van der Waals surface area (Å²) in [5.41, 5.74) is 5.67. The molecule has 2 aliphatic rings. The summed E-state index contributed by atoms with van der Waals surface area (Å²) in [6.07, 6.45) is 0. The van der Waals surface area contributed by atoms with E-state index in [0.29, 0.717) is 0 Å². The molecule has 0 atom stereocenters. The summed E-state index contributed by atoms with van der Waals surface area (Å²) < 4.78 is 13.2. The van der Waals surface area contributed by atoms with Gasteiger partial charge in [-0.2, -0.15) is 0 Å². The molecule has 4 heteroatoms. The molecule has 0 amide bonds. The van der Waals surface area contributed by atoms with Gasteiger partial charge in [-0.05, 0) is 55.4 Å². The molecule has 0 radical (unpaired) electrons. The molecule has 0 unspecified atom stereocenters. The first kappa shape index (κ1) is 26.8. The topological polar surface area (TPSA) is 18.5 Å². The Morgan fingerprint density at radius 1 is 0.391 bits per heavy atom. The lowest BCUT2D eigenvalue weighted by Gasteiger charge is -2.35. The van der Waals surface area contributed by atoms with Crippen molar-refractivity contribution in [3.8, 4) is 34.1 Å². The van der Waals surface area contributed by atoms with Crippen molar-refractivity contribution in [2.24, 2.45) is 0 Å². The summed E-state index contributed by atoms with van der Waals surface area (Å²) in [7, 11) is -2.68. The minimum absolute atomic E-state index is 0.0365. The molecule has 0 fully saturated rings. The highest BCUT2D eigenvalue weighted by Gasteiger charge is 2.43. The van der Waals surface area contributed by atoms with Crippen LogP contribution in [0.15, 0.2) is 176 Å². The fraction of sp³-hybridized carbons (Fsp3) is 0. The third-order valence-corrected chi connectivity index (χ3v) is 14.3. The second-order valence-electron chi connectivity index (χ2n) is 12.0. The van der Waals surface area contributed by atoms with Crippen LogP contribution in [0.25, 0.3) is 11.1 Å². The molecule has 0 aliphatic carbocycles. The highest BCUT2D eigenvalue weighted by molar-refractivity contribution is 7.19. The molecule has 0 saturated carbocycles. The molecule has 0 aromatic heterocycles. The van der Waals surface area contributed by atoms with Gasteiger partial charge in [0.2, 0.25) is 0 Å². The Balaban J connectivity index is 1.28. The normalized spacial score (nSPS) is 12.7. The average Bonchev–Trinajstić information content (AvgIpc) is 3.13. The number of hydrogen-bond acceptors (Lipinski definition) is 2. The summed E-state index contributed by atoms with van der Waals surface area (Å²) in [4.78, 5) is 0. The Bertz CT molecular complexity index is 2120. The van der Waals surface area contributed by atoms with Gasteiger partial charge in [-0.3, -0.25) is 0 Å². The zero-order valence-electron chi connectivity index (χ0n) is 25.1. The van der Waals surface area contributed by atoms with Crippen LogP contribution in [0.5, 0.6) is 23.0 Å². The van der Waals surface area contributed by atoms with Gasteiger partial charge in [0.1, 0.15) is 23.0 Å². The standard InChI is InChI=1S/C42H29BO2Si/c1-4-16-31(17-5-1)46(32-18-6-2-7-19-32,33-20-8-3-9-21-33)34-22-12-15-30(29-34)35-23-13-25-37-42(35)45-40-28-14-27-39-41(40)43(37)36-24-10-11-26-38(36)44-39/h1-29H. The molecule has 2 aliphatic heterocycles. The first-order valence-corrected chi connectivity index (χ1v) is 17.8. The van der Waals surface area contributed by atoms with Gasteiger partial charge in [-0.15, -0.1) is 0 Å². The Hall–Kier alpha value is -5.58. The minimum Gasteiger partial charge on any atom is -0.458 e. The lowest BCUT2D eigenvalue weighted by atomic mass is 9.34. The van der Waals surface area contributed by atoms with Gasteiger partial charge in [0.25, 0.3) is 6.71 Å². The molecular weight excluding hydrogens is 575 g/mol. The average molecular weight is 605 g/mol. The third kappa shape index (κ3) is 4.04. The quantitative estimate of drug-likeness (QED) is 0.192. The Morgan fingerprint density at radius 2 is 0.891 bits per heavy atom. The molecule has 216 valence electrons. The van der Waals surface area contributed by atoms with Crippen molar-refractivity contribution in [3.63, 3.8) is 0 Å². The van der Waals surface area contributed by atoms with E-state index in [9.17, 15) is 0 Å². The SMILES string of the molecule is c1ccc([Si](c2ccccc2)(c2ccccc2)c2cccc(-c3cccc4c3Oc3cccc5c3B4c3ccccc3O5)c2)cc1. The van der Waals surface area contributed by atoms with Crippen LogP contribution in [0, 0.1) is 0 Å². The highest BCUT2D eigenvalue weighted by Crippen LogP contribution is 2.38. The molecule has 0 saturated heterocycles. The largest absolute Gasteiger partial charge is 0.458 e. The number of benzene rings is 7. The van der Waals surface area contributed by atoms with Crippen LogP contribution in [-0.2, 0) is 0 Å². The van der Waals surface area contributed by atoms with Crippen molar-refractivity contribution < 1.29 is 9.47 Å². The van der Waals surface area contributed by atoms with Gasteiger partial charge in [0.15, 0.2) is 8.07 Å². The van der Waals surface area contributed by atoms with E-state index in [0.717, 1.165) is 45.1 Å². The molecule has 0 bridgehead atoms. The van der Waals surface area contributed by atoms with Crippen LogP contribution in [0.4, 0.5) is 0 Å². The van der Waals surface area contributed by atoms with Crippen LogP contribution >= 0.6 is 0 Å². The smallest absolute Gasteiger partial charge is 0.260 e. The van der Waals surface area contributed by atoms with Crippen molar-refractivity contribution in [2.45, 2.75) is 0 Å². The maximum Gasteiger partial charge on any atom is 0.260 e. The van der Waals surface area contributed by atoms with Crippen LogP contribution < -0.4 is 46.6 Å². The monoisotopic (exact) mass is 604 g/mol. The van der Waals surface area contributed by atoms with E-state index in [1.165, 1.54) is 26.2 Å². The second-order valence-corrected chi connectivity index (χ2v) is 15.8. The van der Waals surface area contributed by atoms with Gasteiger partial charge in [-0.25, -0.2) is 0 Å². The summed E-state index contributed by atoms with van der Waals surface area (Å²) in [6.45, 7) is 0.0365. The number of ether oxygens (including phenoxy) is 2. The van der Waals surface area contributed by atoms with Crippen molar-refractivity contribution >= 4 is 51.9 Å². The van der Waals surface area contributed by atoms with E-state index >= 15 is 0 Å². The number of fused-ring (bicyclic) bond motifs is 4. The van der Waals surface area contributed by atoms with Gasteiger partial charge in [0, 0.05) is 11.0 Å². The predicted octanol–water partition coefficient (Wildman–Crippen LogP) is 5.46. The lowest BCUT2D eigenvalue weighted by Crippen LogP contribution is -2.74. The molecule has 0 N–H and O–H groups in total. The van der Waals surface area contributed by atoms with Crippen molar-refractivity contribution in [1.82, 2.24) is 0 Å². The molecule has 2 heterocycles. The minimum atomic E-state index is -2.68. The fourth-order valence-electron chi connectivity index (χ4n) is 7.61. The summed E-state index contributed by atoms with van der Waals surface area (Å²) in [5.74, 6) is 3.54. The van der Waals surface area contributed by atoms with Crippen molar-refractivity contribution in [2.75, 3.05) is 0 Å². The van der Waals surface area contributed by atoms with E-state index in [-0.39, 0.29) is 6.71 Å². The maximum absolute atomic E-state index is 6.84. The maximum atomic E-state index is 6.84. The molecule has 7 aromatic carbocycles. The predicted molar refractivity (Wildman–Crippen MR) is 193 cm³/mol. The Labute approximate surface area is 270 Å². The molecule has 7 aromatic rings. The fourth-order valence-corrected chi connectivity index (χ4v) is 12.4. The van der Waals surface area contributed by atoms with E-state index in [1.807, 2.05) is 18.2 Å². The first-order chi connectivity index (χ1) is 22.8. The van der Waals surface area contributed by atoms with Gasteiger partial charge < -0.3 is 9.47 Å². The molecular formula is C42H29BO2Si. The zero-order chi connectivity index (χ0) is 30.5. The highest BCUT2D eigenvalue weighted by atomic mass is 28.3. The van der Waals surface area contributed by atoms with E-state index in [1.54, 1.807) is 0 Å². The molecule has 0 spiro atoms. The summed E-state index contributed by atoms with van der Waals surface area (Å²) in [6, 6.07) is 63.5. The zero-order valence-corrected chi connectivity index (χ0v) is 26.1. The first-order valence-electron chi connectivity index (χ1n) is 15.8. The van der Waals surface area contributed by atoms with Crippen LogP contribution in [-0.4, -0.2) is 14.8 Å². The van der Waals surface area contributed by atoms with Gasteiger partial charge >= 0.3 is 0 Å². The van der Waals surface area contributed by atoms with Gasteiger partial charge in [-0.1, -0.05) is 158 Å². The van der Waals surface area contributed by atoms with Crippen LogP contribution in [0.2, 0.25) is 0 Å². The molecule has 46 heavy (non-hydrogen) atoms. The Morgan fingerprint density at radius 3 is 1.57 bits per heavy atom. The van der Waals surface area contributed by atoms with E-state index in [2.05, 4.69) is 158 Å². The van der Waals surface area contributed by atoms with E-state index in [4.69, 9.17) is 9.47 Å². The molecule has 9 rings (SSSR count). The number of hydrogen-bond donors (Lipinski definition) is 0. The number of rotatable bonds is 5. The summed E-state index contributed by atoms with van der Waals surface area (Å²) in [5, 5.41) is 5.41. The Kier molecular flexibility index (Phi) is 6.29. The molecule has 2 nitrogen and oxygen atoms in total. The third-order valence-electron chi connectivity index (χ3n) is 9.56. The number of para-hydroxylation sites is 2. The second kappa shape index (κ2) is 10.8.